The van der Waals surface area contributed by atoms with Gasteiger partial charge in [0.25, 0.3) is 0 Å². The summed E-state index contributed by atoms with van der Waals surface area (Å²) in [6, 6.07) is 28.1. The van der Waals surface area contributed by atoms with Crippen LogP contribution >= 0.6 is 0 Å². The number of para-hydroxylation sites is 1. The number of nitrogens with one attached hydrogen (secondary N) is 1. The SMILES string of the molecule is O=C(Cc1cccc2ccccc12)Nc1cccc(-c2nc3ccccc3c(=O)o2)c1. The summed E-state index contributed by atoms with van der Waals surface area (Å²) < 4.78 is 5.40. The minimum Gasteiger partial charge on any atom is -0.403 e. The first-order valence-corrected chi connectivity index (χ1v) is 9.94. The van der Waals surface area contributed by atoms with Gasteiger partial charge in [-0.2, -0.15) is 0 Å². The van der Waals surface area contributed by atoms with Gasteiger partial charge in [-0.3, -0.25) is 4.79 Å². The van der Waals surface area contributed by atoms with E-state index >= 15 is 0 Å². The summed E-state index contributed by atoms with van der Waals surface area (Å²) in [6.45, 7) is 0. The lowest BCUT2D eigenvalue weighted by atomic mass is 10.0. The van der Waals surface area contributed by atoms with E-state index in [0.717, 1.165) is 16.3 Å². The van der Waals surface area contributed by atoms with Crippen molar-refractivity contribution in [3.63, 3.8) is 0 Å². The average molecular weight is 406 g/mol. The average Bonchev–Trinajstić information content (AvgIpc) is 2.79. The van der Waals surface area contributed by atoms with Crippen molar-refractivity contribution >= 4 is 33.3 Å². The second kappa shape index (κ2) is 7.88. The maximum absolute atomic E-state index is 12.7. The summed E-state index contributed by atoms with van der Waals surface area (Å²) in [5.74, 6) is 0.0929. The molecule has 0 aliphatic rings. The standard InChI is InChI=1S/C26H18N2O3/c29-24(16-18-9-5-8-17-7-1-2-12-21(17)18)27-20-11-6-10-19(15-20)25-28-23-14-4-3-13-22(23)26(30)31-25/h1-15H,16H2,(H,27,29). The number of benzene rings is 4. The zero-order valence-corrected chi connectivity index (χ0v) is 16.5. The quantitative estimate of drug-likeness (QED) is 0.446. The first-order chi connectivity index (χ1) is 15.2. The summed E-state index contributed by atoms with van der Waals surface area (Å²) in [5, 5.41) is 5.54. The second-order valence-corrected chi connectivity index (χ2v) is 7.27. The van der Waals surface area contributed by atoms with Crippen molar-refractivity contribution < 1.29 is 9.21 Å². The van der Waals surface area contributed by atoms with Crippen molar-refractivity contribution in [2.75, 3.05) is 5.32 Å². The molecule has 1 aromatic heterocycles. The topological polar surface area (TPSA) is 72.2 Å². The molecule has 0 atom stereocenters. The number of nitrogens with zero attached hydrogens (tertiary/aromatic N) is 1. The van der Waals surface area contributed by atoms with E-state index in [1.165, 1.54) is 0 Å². The van der Waals surface area contributed by atoms with Crippen LogP contribution in [0.15, 0.2) is 100 Å². The molecular formula is C26H18N2O3. The third-order valence-corrected chi connectivity index (χ3v) is 5.16. The smallest absolute Gasteiger partial charge is 0.347 e. The van der Waals surface area contributed by atoms with Gasteiger partial charge in [0.1, 0.15) is 0 Å². The molecule has 0 aliphatic heterocycles. The Balaban J connectivity index is 1.40. The fraction of sp³-hybridized carbons (Fsp3) is 0.0385. The highest BCUT2D eigenvalue weighted by molar-refractivity contribution is 5.96. The van der Waals surface area contributed by atoms with Gasteiger partial charge in [0, 0.05) is 11.3 Å². The van der Waals surface area contributed by atoms with Crippen molar-refractivity contribution in [1.82, 2.24) is 4.98 Å². The number of carbonyl (C=O) groups excluding carboxylic acids is 1. The van der Waals surface area contributed by atoms with Gasteiger partial charge in [0.15, 0.2) is 0 Å². The number of aromatic nitrogens is 1. The summed E-state index contributed by atoms with van der Waals surface area (Å²) in [4.78, 5) is 29.4. The van der Waals surface area contributed by atoms with E-state index in [4.69, 9.17) is 4.42 Å². The highest BCUT2D eigenvalue weighted by Gasteiger charge is 2.11. The van der Waals surface area contributed by atoms with E-state index in [2.05, 4.69) is 10.3 Å². The molecule has 1 heterocycles. The molecule has 5 nitrogen and oxygen atoms in total. The zero-order valence-electron chi connectivity index (χ0n) is 16.5. The molecule has 0 aliphatic carbocycles. The minimum absolute atomic E-state index is 0.124. The number of hydrogen-bond donors (Lipinski definition) is 1. The Morgan fingerprint density at radius 1 is 0.839 bits per heavy atom. The number of carbonyl (C=O) groups is 1. The van der Waals surface area contributed by atoms with Gasteiger partial charge >= 0.3 is 5.63 Å². The van der Waals surface area contributed by atoms with Crippen LogP contribution in [0.25, 0.3) is 33.1 Å². The molecule has 4 aromatic carbocycles. The van der Waals surface area contributed by atoms with Crippen molar-refractivity contribution in [1.29, 1.82) is 0 Å². The molecule has 0 bridgehead atoms. The van der Waals surface area contributed by atoms with Crippen LogP contribution in [0.5, 0.6) is 0 Å². The number of amides is 1. The Bertz CT molecular complexity index is 1480. The number of rotatable bonds is 4. The summed E-state index contributed by atoms with van der Waals surface area (Å²) in [7, 11) is 0. The van der Waals surface area contributed by atoms with Crippen molar-refractivity contribution in [2.24, 2.45) is 0 Å². The molecule has 31 heavy (non-hydrogen) atoms. The van der Waals surface area contributed by atoms with Gasteiger partial charge in [0.05, 0.1) is 17.3 Å². The maximum Gasteiger partial charge on any atom is 0.347 e. The lowest BCUT2D eigenvalue weighted by molar-refractivity contribution is -0.115. The normalized spacial score (nSPS) is 11.0. The summed E-state index contributed by atoms with van der Waals surface area (Å²) >= 11 is 0. The molecule has 1 amide bonds. The van der Waals surface area contributed by atoms with Crippen LogP contribution in [-0.4, -0.2) is 10.9 Å². The fourth-order valence-corrected chi connectivity index (χ4v) is 3.70. The van der Waals surface area contributed by atoms with Crippen LogP contribution in [-0.2, 0) is 11.2 Å². The Morgan fingerprint density at radius 3 is 2.48 bits per heavy atom. The van der Waals surface area contributed by atoms with E-state index in [1.807, 2.05) is 48.5 Å². The van der Waals surface area contributed by atoms with Crippen LogP contribution in [0.2, 0.25) is 0 Å². The first-order valence-electron chi connectivity index (χ1n) is 9.94. The minimum atomic E-state index is -0.439. The highest BCUT2D eigenvalue weighted by Crippen LogP contribution is 2.23. The van der Waals surface area contributed by atoms with E-state index in [0.29, 0.717) is 22.2 Å². The maximum atomic E-state index is 12.7. The van der Waals surface area contributed by atoms with Gasteiger partial charge in [-0.15, -0.1) is 0 Å². The van der Waals surface area contributed by atoms with E-state index in [-0.39, 0.29) is 18.2 Å². The Morgan fingerprint density at radius 2 is 1.58 bits per heavy atom. The molecule has 0 radical (unpaired) electrons. The fourth-order valence-electron chi connectivity index (χ4n) is 3.70. The van der Waals surface area contributed by atoms with Gasteiger partial charge in [0.2, 0.25) is 11.8 Å². The number of anilines is 1. The van der Waals surface area contributed by atoms with E-state index < -0.39 is 5.63 Å². The lowest BCUT2D eigenvalue weighted by Crippen LogP contribution is -2.14. The molecule has 0 unspecified atom stereocenters. The van der Waals surface area contributed by atoms with Crippen molar-refractivity contribution in [2.45, 2.75) is 6.42 Å². The molecule has 0 spiro atoms. The van der Waals surface area contributed by atoms with Gasteiger partial charge in [-0.1, -0.05) is 60.7 Å². The van der Waals surface area contributed by atoms with Crippen LogP contribution < -0.4 is 10.9 Å². The van der Waals surface area contributed by atoms with Crippen molar-refractivity contribution in [3.05, 3.63) is 107 Å². The van der Waals surface area contributed by atoms with Gasteiger partial charge in [-0.25, -0.2) is 9.78 Å². The highest BCUT2D eigenvalue weighted by atomic mass is 16.4. The molecule has 5 rings (SSSR count). The Kier molecular flexibility index (Phi) is 4.77. The molecule has 0 fully saturated rings. The predicted octanol–water partition coefficient (Wildman–Crippen LogP) is 5.19. The molecule has 150 valence electrons. The summed E-state index contributed by atoms with van der Waals surface area (Å²) in [5.41, 5.74) is 2.32. The number of hydrogen-bond acceptors (Lipinski definition) is 4. The van der Waals surface area contributed by atoms with Crippen molar-refractivity contribution in [3.8, 4) is 11.5 Å². The Hall–Kier alpha value is -4.25. The van der Waals surface area contributed by atoms with Crippen LogP contribution in [0.4, 0.5) is 5.69 Å². The van der Waals surface area contributed by atoms with E-state index in [1.54, 1.807) is 42.5 Å². The molecule has 0 saturated carbocycles. The predicted molar refractivity (Wildman–Crippen MR) is 122 cm³/mol. The van der Waals surface area contributed by atoms with E-state index in [9.17, 15) is 9.59 Å². The Labute approximate surface area is 178 Å². The second-order valence-electron chi connectivity index (χ2n) is 7.27. The molecule has 1 N–H and O–H groups in total. The van der Waals surface area contributed by atoms with Gasteiger partial charge < -0.3 is 9.73 Å². The monoisotopic (exact) mass is 406 g/mol. The third kappa shape index (κ3) is 3.81. The lowest BCUT2D eigenvalue weighted by Gasteiger charge is -2.09. The number of fused-ring (bicyclic) bond motifs is 2. The molecule has 0 saturated heterocycles. The van der Waals surface area contributed by atoms with Gasteiger partial charge in [-0.05, 0) is 46.7 Å². The van der Waals surface area contributed by atoms with Crippen LogP contribution in [0, 0.1) is 0 Å². The summed E-state index contributed by atoms with van der Waals surface area (Å²) in [6.07, 6.45) is 0.259. The molecular weight excluding hydrogens is 388 g/mol. The first kappa shape index (κ1) is 18.8. The van der Waals surface area contributed by atoms with Crippen LogP contribution in [0.1, 0.15) is 5.56 Å². The molecule has 5 heteroatoms. The molecule has 5 aromatic rings. The zero-order chi connectivity index (χ0) is 21.2. The largest absolute Gasteiger partial charge is 0.403 e. The third-order valence-electron chi connectivity index (χ3n) is 5.16. The van der Waals surface area contributed by atoms with Crippen LogP contribution in [0.3, 0.4) is 0 Å².